The Kier molecular flexibility index (Phi) is 7.74. The van der Waals surface area contributed by atoms with E-state index in [0.29, 0.717) is 39.5 Å². The molecule has 198 valence electrons. The van der Waals surface area contributed by atoms with E-state index in [0.717, 1.165) is 22.6 Å². The molecule has 2 heterocycles. The monoisotopic (exact) mass is 539 g/mol. The molecule has 0 radical (unpaired) electrons. The van der Waals surface area contributed by atoms with Crippen molar-refractivity contribution in [2.24, 2.45) is 4.99 Å². The Morgan fingerprint density at radius 2 is 1.69 bits per heavy atom. The zero-order valence-electron chi connectivity index (χ0n) is 22.0. The molecule has 4 aromatic rings. The number of carbonyl (C=O) groups is 1. The first kappa shape index (κ1) is 26.2. The number of carbonyl (C=O) groups excluding carboxylic acids is 1. The first-order valence-corrected chi connectivity index (χ1v) is 13.6. The van der Waals surface area contributed by atoms with Gasteiger partial charge in [-0.3, -0.25) is 14.2 Å². The van der Waals surface area contributed by atoms with E-state index < -0.39 is 6.04 Å². The summed E-state index contributed by atoms with van der Waals surface area (Å²) < 4.78 is 13.4. The van der Waals surface area contributed by atoms with Crippen LogP contribution in [0.5, 0.6) is 11.5 Å². The van der Waals surface area contributed by atoms with E-state index in [1.807, 2.05) is 106 Å². The van der Waals surface area contributed by atoms with Gasteiger partial charge in [0.25, 0.3) is 11.5 Å². The lowest BCUT2D eigenvalue weighted by atomic mass is 9.95. The molecule has 1 aromatic heterocycles. The number of fused-ring (bicyclic) bond motifs is 1. The van der Waals surface area contributed by atoms with Crippen molar-refractivity contribution in [1.82, 2.24) is 4.57 Å². The largest absolute Gasteiger partial charge is 0.494 e. The van der Waals surface area contributed by atoms with Gasteiger partial charge >= 0.3 is 0 Å². The summed E-state index contributed by atoms with van der Waals surface area (Å²) in [6, 6.07) is 23.7. The van der Waals surface area contributed by atoms with Gasteiger partial charge in [0.15, 0.2) is 4.80 Å². The van der Waals surface area contributed by atoms with Crippen LogP contribution in [-0.4, -0.2) is 23.7 Å². The minimum atomic E-state index is -0.655. The second-order valence-corrected chi connectivity index (χ2v) is 9.92. The number of benzene rings is 3. The summed E-state index contributed by atoms with van der Waals surface area (Å²) in [5, 5.41) is 2.97. The van der Waals surface area contributed by atoms with Crippen LogP contribution in [0.3, 0.4) is 0 Å². The highest BCUT2D eigenvalue weighted by atomic mass is 32.1. The molecule has 1 N–H and O–H groups in total. The number of aromatic nitrogens is 1. The topological polar surface area (TPSA) is 81.9 Å². The molecule has 7 nitrogen and oxygen atoms in total. The Morgan fingerprint density at radius 1 is 0.974 bits per heavy atom. The highest BCUT2D eigenvalue weighted by Gasteiger charge is 2.32. The van der Waals surface area contributed by atoms with E-state index in [9.17, 15) is 9.59 Å². The number of anilines is 1. The van der Waals surface area contributed by atoms with Gasteiger partial charge in [-0.15, -0.1) is 0 Å². The molecule has 0 spiro atoms. The van der Waals surface area contributed by atoms with Crippen molar-refractivity contribution in [3.05, 3.63) is 121 Å². The molecular weight excluding hydrogens is 510 g/mol. The van der Waals surface area contributed by atoms with E-state index in [4.69, 9.17) is 14.5 Å². The minimum Gasteiger partial charge on any atom is -0.494 e. The van der Waals surface area contributed by atoms with E-state index >= 15 is 0 Å². The highest BCUT2D eigenvalue weighted by molar-refractivity contribution is 7.07. The van der Waals surface area contributed by atoms with Crippen molar-refractivity contribution in [1.29, 1.82) is 0 Å². The van der Waals surface area contributed by atoms with E-state index in [-0.39, 0.29) is 11.5 Å². The summed E-state index contributed by atoms with van der Waals surface area (Å²) in [6.45, 7) is 6.77. The molecule has 0 fully saturated rings. The van der Waals surface area contributed by atoms with Crippen LogP contribution in [0.2, 0.25) is 0 Å². The summed E-state index contributed by atoms with van der Waals surface area (Å²) in [6.07, 6.45) is 1.84. The lowest BCUT2D eigenvalue weighted by Gasteiger charge is -2.25. The smallest absolute Gasteiger partial charge is 0.271 e. The zero-order chi connectivity index (χ0) is 27.4. The van der Waals surface area contributed by atoms with Crippen LogP contribution in [0.25, 0.3) is 6.08 Å². The molecule has 0 unspecified atom stereocenters. The predicted octanol–water partition coefficient (Wildman–Crippen LogP) is 4.67. The van der Waals surface area contributed by atoms with Gasteiger partial charge in [-0.1, -0.05) is 53.8 Å². The van der Waals surface area contributed by atoms with E-state index in [1.165, 1.54) is 11.3 Å². The van der Waals surface area contributed by atoms with Crippen molar-refractivity contribution in [3.8, 4) is 11.5 Å². The SMILES string of the molecule is CCOc1ccc([C@@H]2C(C(=O)Nc3ccccc3)=C(C)N=c3s/c(=C\c4cccc(OCC)c4)c(=O)n32)cc1. The van der Waals surface area contributed by atoms with Crippen LogP contribution in [0.1, 0.15) is 37.9 Å². The van der Waals surface area contributed by atoms with Crippen LogP contribution in [0.15, 0.2) is 99.9 Å². The van der Waals surface area contributed by atoms with Crippen LogP contribution in [0.4, 0.5) is 5.69 Å². The quantitative estimate of drug-likeness (QED) is 0.353. The molecule has 0 aliphatic carbocycles. The Bertz CT molecular complexity index is 1700. The number of rotatable bonds is 8. The standard InChI is InChI=1S/C31H29N3O4S/c1-4-37-24-16-14-22(15-17-24)28-27(29(35)33-23-11-7-6-8-12-23)20(3)32-31-34(28)30(36)26(39-31)19-21-10-9-13-25(18-21)38-5-2/h6-19,28H,4-5H2,1-3H3,(H,33,35)/b26-19-/t28-/m1/s1. The summed E-state index contributed by atoms with van der Waals surface area (Å²) in [5.41, 5.74) is 3.07. The molecule has 0 saturated carbocycles. The van der Waals surface area contributed by atoms with Gasteiger partial charge in [-0.05, 0) is 74.4 Å². The molecule has 3 aromatic carbocycles. The molecular formula is C31H29N3O4S. The fraction of sp³-hybridized carbons (Fsp3) is 0.194. The van der Waals surface area contributed by atoms with Gasteiger partial charge in [-0.2, -0.15) is 0 Å². The van der Waals surface area contributed by atoms with Crippen molar-refractivity contribution < 1.29 is 14.3 Å². The minimum absolute atomic E-state index is 0.211. The number of allylic oxidation sites excluding steroid dienone is 1. The maximum absolute atomic E-state index is 13.9. The number of amides is 1. The van der Waals surface area contributed by atoms with Crippen LogP contribution in [-0.2, 0) is 4.79 Å². The molecule has 0 bridgehead atoms. The molecule has 1 aliphatic rings. The van der Waals surface area contributed by atoms with Crippen LogP contribution in [0, 0.1) is 0 Å². The third-order valence-electron chi connectivity index (χ3n) is 6.27. The average molecular weight is 540 g/mol. The molecule has 39 heavy (non-hydrogen) atoms. The first-order chi connectivity index (χ1) is 19.0. The normalized spacial score (nSPS) is 14.9. The number of nitrogens with zero attached hydrogens (tertiary/aromatic N) is 2. The maximum atomic E-state index is 13.9. The lowest BCUT2D eigenvalue weighted by molar-refractivity contribution is -0.113. The van der Waals surface area contributed by atoms with Crippen molar-refractivity contribution in [2.45, 2.75) is 26.8 Å². The van der Waals surface area contributed by atoms with Gasteiger partial charge in [0, 0.05) is 5.69 Å². The van der Waals surface area contributed by atoms with E-state index in [1.54, 1.807) is 4.57 Å². The Labute approximate surface area is 230 Å². The van der Waals surface area contributed by atoms with Gasteiger partial charge in [0.2, 0.25) is 0 Å². The second kappa shape index (κ2) is 11.5. The fourth-order valence-corrected chi connectivity index (χ4v) is 5.62. The lowest BCUT2D eigenvalue weighted by Crippen LogP contribution is -2.40. The Balaban J connectivity index is 1.64. The van der Waals surface area contributed by atoms with Crippen molar-refractivity contribution in [2.75, 3.05) is 18.5 Å². The Hall–Kier alpha value is -4.43. The molecule has 1 aliphatic heterocycles. The van der Waals surface area contributed by atoms with Gasteiger partial charge in [-0.25, -0.2) is 4.99 Å². The number of ether oxygens (including phenoxy) is 2. The number of para-hydroxylation sites is 1. The van der Waals surface area contributed by atoms with Crippen molar-refractivity contribution in [3.63, 3.8) is 0 Å². The van der Waals surface area contributed by atoms with Gasteiger partial charge in [0.1, 0.15) is 11.5 Å². The molecule has 0 saturated heterocycles. The van der Waals surface area contributed by atoms with Gasteiger partial charge < -0.3 is 14.8 Å². The summed E-state index contributed by atoms with van der Waals surface area (Å²) in [5.74, 6) is 1.15. The molecule has 1 amide bonds. The fourth-order valence-electron chi connectivity index (χ4n) is 4.57. The summed E-state index contributed by atoms with van der Waals surface area (Å²) >= 11 is 1.30. The average Bonchev–Trinajstić information content (AvgIpc) is 3.23. The van der Waals surface area contributed by atoms with E-state index in [2.05, 4.69) is 5.32 Å². The third kappa shape index (κ3) is 5.56. The van der Waals surface area contributed by atoms with Crippen molar-refractivity contribution >= 4 is 29.0 Å². The van der Waals surface area contributed by atoms with Crippen LogP contribution >= 0.6 is 11.3 Å². The van der Waals surface area contributed by atoms with Crippen LogP contribution < -0.4 is 29.7 Å². The second-order valence-electron chi connectivity index (χ2n) is 8.91. The maximum Gasteiger partial charge on any atom is 0.271 e. The third-order valence-corrected chi connectivity index (χ3v) is 7.25. The zero-order valence-corrected chi connectivity index (χ0v) is 22.8. The molecule has 8 heteroatoms. The van der Waals surface area contributed by atoms with Gasteiger partial charge in [0.05, 0.1) is 35.1 Å². The summed E-state index contributed by atoms with van der Waals surface area (Å²) in [7, 11) is 0. The first-order valence-electron chi connectivity index (χ1n) is 12.8. The molecule has 5 rings (SSSR count). The number of thiazole rings is 1. The number of nitrogens with one attached hydrogen (secondary N) is 1. The number of hydrogen-bond acceptors (Lipinski definition) is 6. The Morgan fingerprint density at radius 3 is 2.41 bits per heavy atom. The number of hydrogen-bond donors (Lipinski definition) is 1. The highest BCUT2D eigenvalue weighted by Crippen LogP contribution is 2.31. The summed E-state index contributed by atoms with van der Waals surface area (Å²) in [4.78, 5) is 32.8. The molecule has 1 atom stereocenters. The predicted molar refractivity (Wildman–Crippen MR) is 154 cm³/mol.